The second-order valence-corrected chi connectivity index (χ2v) is 8.11. The number of halogens is 3. The zero-order valence-corrected chi connectivity index (χ0v) is 18.4. The van der Waals surface area contributed by atoms with Gasteiger partial charge in [-0.15, -0.1) is 0 Å². The molecular weight excluding hydrogens is 443 g/mol. The van der Waals surface area contributed by atoms with E-state index in [4.69, 9.17) is 0 Å². The van der Waals surface area contributed by atoms with Crippen molar-refractivity contribution in [2.45, 2.75) is 25.9 Å². The Kier molecular flexibility index (Phi) is 6.41. The zero-order chi connectivity index (χ0) is 24.2. The van der Waals surface area contributed by atoms with E-state index in [0.717, 1.165) is 30.6 Å². The molecule has 1 aliphatic carbocycles. The number of H-pyrrole nitrogens is 1. The summed E-state index contributed by atoms with van der Waals surface area (Å²) in [4.78, 5) is 12.7. The summed E-state index contributed by atoms with van der Waals surface area (Å²) in [7, 11) is 0. The lowest BCUT2D eigenvalue weighted by atomic mass is 9.93. The van der Waals surface area contributed by atoms with Crippen LogP contribution < -0.4 is 5.32 Å². The first-order valence-electron chi connectivity index (χ1n) is 10.7. The van der Waals surface area contributed by atoms with Crippen LogP contribution in [0.1, 0.15) is 34.8 Å². The minimum Gasteiger partial charge on any atom is -0.352 e. The molecule has 2 N–H and O–H groups in total. The Hall–Kier alpha value is -4.06. The van der Waals surface area contributed by atoms with Crippen molar-refractivity contribution in [3.63, 3.8) is 0 Å². The van der Waals surface area contributed by atoms with Crippen LogP contribution in [0.25, 0.3) is 5.69 Å². The first-order valence-corrected chi connectivity index (χ1v) is 10.7. The van der Waals surface area contributed by atoms with E-state index in [1.54, 1.807) is 54.5 Å². The van der Waals surface area contributed by atoms with Gasteiger partial charge in [-0.1, -0.05) is 30.1 Å². The number of benzene rings is 1. The van der Waals surface area contributed by atoms with Gasteiger partial charge in [-0.3, -0.25) is 9.89 Å². The van der Waals surface area contributed by atoms with Crippen molar-refractivity contribution in [2.24, 2.45) is 5.41 Å². The number of allylic oxidation sites excluding steroid dienone is 4. The lowest BCUT2D eigenvalue weighted by molar-refractivity contribution is -0.0882. The maximum atomic E-state index is 13.0. The minimum atomic E-state index is -4.42. The van der Waals surface area contributed by atoms with Crippen LogP contribution in [0.4, 0.5) is 13.2 Å². The molecule has 1 amide bonds. The van der Waals surface area contributed by atoms with Gasteiger partial charge >= 0.3 is 6.18 Å². The molecule has 4 rings (SSSR count). The van der Waals surface area contributed by atoms with Crippen molar-refractivity contribution in [1.82, 2.24) is 25.3 Å². The Bertz CT molecular complexity index is 1280. The highest BCUT2D eigenvalue weighted by Crippen LogP contribution is 2.37. The third-order valence-corrected chi connectivity index (χ3v) is 5.35. The minimum absolute atomic E-state index is 0.256. The van der Waals surface area contributed by atoms with E-state index in [1.807, 2.05) is 6.20 Å². The average molecular weight is 465 g/mol. The number of aromatic amines is 1. The molecule has 34 heavy (non-hydrogen) atoms. The van der Waals surface area contributed by atoms with Crippen LogP contribution in [0, 0.1) is 17.3 Å². The quantitative estimate of drug-likeness (QED) is 0.419. The number of carbonyl (C=O) groups is 1. The van der Waals surface area contributed by atoms with E-state index in [2.05, 4.69) is 32.5 Å². The SMILES string of the molecule is CC1(C#Cc2cc(C(=O)NCCCc3cn[nH]c3)ccc2-n2cccn2)C=CC(C(F)(F)F)=C1. The number of hydrogen-bond acceptors (Lipinski definition) is 3. The van der Waals surface area contributed by atoms with E-state index in [9.17, 15) is 18.0 Å². The maximum absolute atomic E-state index is 13.0. The Balaban J connectivity index is 1.54. The molecule has 0 spiro atoms. The molecule has 6 nitrogen and oxygen atoms in total. The van der Waals surface area contributed by atoms with Crippen molar-refractivity contribution in [3.8, 4) is 17.5 Å². The monoisotopic (exact) mass is 465 g/mol. The molecule has 0 saturated carbocycles. The molecule has 174 valence electrons. The van der Waals surface area contributed by atoms with Crippen LogP contribution in [0.5, 0.6) is 0 Å². The van der Waals surface area contributed by atoms with Crippen LogP contribution in [-0.2, 0) is 6.42 Å². The molecule has 9 heteroatoms. The average Bonchev–Trinajstić information content (AvgIpc) is 3.57. The molecule has 0 aliphatic heterocycles. The van der Waals surface area contributed by atoms with E-state index in [1.165, 1.54) is 6.08 Å². The molecule has 2 aromatic heterocycles. The molecule has 1 unspecified atom stereocenters. The molecule has 2 heterocycles. The summed E-state index contributed by atoms with van der Waals surface area (Å²) in [5.74, 6) is 5.63. The standard InChI is InChI=1S/C25H22F3N5O/c1-24(10-8-21(15-24)25(26,27)28)9-7-19-14-20(5-6-22(19)33-13-3-12-32-33)23(34)29-11-2-4-18-16-30-31-17-18/h3,5-6,8,10,12-17H,2,4,11H2,1H3,(H,29,34)(H,30,31). The topological polar surface area (TPSA) is 75.6 Å². The van der Waals surface area contributed by atoms with Gasteiger partial charge in [-0.2, -0.15) is 23.4 Å². The lowest BCUT2D eigenvalue weighted by Gasteiger charge is -2.12. The van der Waals surface area contributed by atoms with E-state index in [-0.39, 0.29) is 5.91 Å². The Morgan fingerprint density at radius 3 is 2.85 bits per heavy atom. The molecule has 0 bridgehead atoms. The summed E-state index contributed by atoms with van der Waals surface area (Å²) in [6, 6.07) is 6.77. The number of aryl methyl sites for hydroxylation is 1. The summed E-state index contributed by atoms with van der Waals surface area (Å²) in [5, 5.41) is 13.7. The first kappa shape index (κ1) is 23.1. The summed E-state index contributed by atoms with van der Waals surface area (Å²) in [5.41, 5.74) is 0.783. The Morgan fingerprint density at radius 1 is 1.32 bits per heavy atom. The highest BCUT2D eigenvalue weighted by molar-refractivity contribution is 5.95. The second-order valence-electron chi connectivity index (χ2n) is 8.11. The number of nitrogens with one attached hydrogen (secondary N) is 2. The summed E-state index contributed by atoms with van der Waals surface area (Å²) in [6.07, 6.45) is 7.57. The molecule has 0 fully saturated rings. The molecule has 3 aromatic rings. The number of alkyl halides is 3. The first-order chi connectivity index (χ1) is 16.2. The highest BCUT2D eigenvalue weighted by Gasteiger charge is 2.37. The largest absolute Gasteiger partial charge is 0.416 e. The maximum Gasteiger partial charge on any atom is 0.416 e. The molecule has 1 aromatic carbocycles. The van der Waals surface area contributed by atoms with Gasteiger partial charge in [0, 0.05) is 30.7 Å². The summed E-state index contributed by atoms with van der Waals surface area (Å²) >= 11 is 0. The smallest absolute Gasteiger partial charge is 0.352 e. The fourth-order valence-electron chi connectivity index (χ4n) is 3.54. The van der Waals surface area contributed by atoms with Crippen LogP contribution in [-0.4, -0.2) is 38.6 Å². The number of rotatable bonds is 6. The predicted octanol–water partition coefficient (Wildman–Crippen LogP) is 4.37. The van der Waals surface area contributed by atoms with Crippen LogP contribution in [0.2, 0.25) is 0 Å². The van der Waals surface area contributed by atoms with Crippen LogP contribution in [0.3, 0.4) is 0 Å². The van der Waals surface area contributed by atoms with Crippen molar-refractivity contribution in [3.05, 3.63) is 89.5 Å². The van der Waals surface area contributed by atoms with E-state index >= 15 is 0 Å². The van der Waals surface area contributed by atoms with Crippen LogP contribution in [0.15, 0.2) is 72.9 Å². The highest BCUT2D eigenvalue weighted by atomic mass is 19.4. The molecule has 1 aliphatic rings. The number of carbonyl (C=O) groups excluding carboxylic acids is 1. The fourth-order valence-corrected chi connectivity index (χ4v) is 3.54. The van der Waals surface area contributed by atoms with Gasteiger partial charge in [0.05, 0.1) is 28.4 Å². The van der Waals surface area contributed by atoms with E-state index in [0.29, 0.717) is 23.4 Å². The van der Waals surface area contributed by atoms with Gasteiger partial charge in [0.1, 0.15) is 0 Å². The third kappa shape index (κ3) is 5.46. The number of aromatic nitrogens is 4. The molecule has 1 atom stereocenters. The van der Waals surface area contributed by atoms with Gasteiger partial charge in [0.2, 0.25) is 0 Å². The summed E-state index contributed by atoms with van der Waals surface area (Å²) < 4.78 is 40.7. The van der Waals surface area contributed by atoms with E-state index < -0.39 is 17.2 Å². The summed E-state index contributed by atoms with van der Waals surface area (Å²) in [6.45, 7) is 2.10. The number of hydrogen-bond donors (Lipinski definition) is 2. The van der Waals surface area contributed by atoms with Gasteiger partial charge in [0.15, 0.2) is 0 Å². The van der Waals surface area contributed by atoms with Gasteiger partial charge in [-0.25, -0.2) is 4.68 Å². The predicted molar refractivity (Wildman–Crippen MR) is 121 cm³/mol. The van der Waals surface area contributed by atoms with Gasteiger partial charge in [-0.05, 0) is 49.6 Å². The fraction of sp³-hybridized carbons (Fsp3) is 0.240. The number of amides is 1. The lowest BCUT2D eigenvalue weighted by Crippen LogP contribution is -2.25. The molecular formula is C25H22F3N5O. The normalized spacial score (nSPS) is 17.2. The van der Waals surface area contributed by atoms with Gasteiger partial charge < -0.3 is 5.32 Å². The van der Waals surface area contributed by atoms with Crippen molar-refractivity contribution < 1.29 is 18.0 Å². The van der Waals surface area contributed by atoms with Crippen molar-refractivity contribution >= 4 is 5.91 Å². The van der Waals surface area contributed by atoms with Gasteiger partial charge in [0.25, 0.3) is 5.91 Å². The van der Waals surface area contributed by atoms with Crippen molar-refractivity contribution in [2.75, 3.05) is 6.54 Å². The molecule has 0 saturated heterocycles. The third-order valence-electron chi connectivity index (χ3n) is 5.35. The van der Waals surface area contributed by atoms with Crippen LogP contribution >= 0.6 is 0 Å². The Morgan fingerprint density at radius 2 is 2.18 bits per heavy atom. The molecule has 0 radical (unpaired) electrons. The zero-order valence-electron chi connectivity index (χ0n) is 18.4. The Labute approximate surface area is 194 Å². The van der Waals surface area contributed by atoms with Crippen molar-refractivity contribution in [1.29, 1.82) is 0 Å². The number of nitrogens with zero attached hydrogens (tertiary/aromatic N) is 3. The second kappa shape index (κ2) is 9.43.